The van der Waals surface area contributed by atoms with E-state index in [4.69, 9.17) is 11.6 Å². The normalized spacial score (nSPS) is 17.5. The zero-order valence-electron chi connectivity index (χ0n) is 14.9. The number of carbonyl (C=O) groups excluding carboxylic acids is 1. The van der Waals surface area contributed by atoms with Gasteiger partial charge < -0.3 is 14.9 Å². The summed E-state index contributed by atoms with van der Waals surface area (Å²) in [7, 11) is 0. The van der Waals surface area contributed by atoms with Gasteiger partial charge in [0.1, 0.15) is 16.0 Å². The molecule has 3 heterocycles. The summed E-state index contributed by atoms with van der Waals surface area (Å²) in [6.07, 6.45) is -6.11. The third-order valence-corrected chi connectivity index (χ3v) is 5.83. The molecule has 1 atom stereocenters. The number of pyridine rings is 1. The van der Waals surface area contributed by atoms with E-state index in [2.05, 4.69) is 9.97 Å². The number of aliphatic hydroxyl groups is 1. The average molecular weight is 435 g/mol. The van der Waals surface area contributed by atoms with E-state index >= 15 is 0 Å². The fourth-order valence-corrected chi connectivity index (χ4v) is 4.00. The van der Waals surface area contributed by atoms with Gasteiger partial charge in [0.15, 0.2) is 0 Å². The first-order valence-corrected chi connectivity index (χ1v) is 9.73. The maximum absolute atomic E-state index is 13.6. The van der Waals surface area contributed by atoms with Crippen molar-refractivity contribution in [1.29, 1.82) is 0 Å². The van der Waals surface area contributed by atoms with Gasteiger partial charge in [-0.15, -0.1) is 11.3 Å². The lowest BCUT2D eigenvalue weighted by molar-refractivity contribution is -0.268. The molecule has 1 saturated heterocycles. The van der Waals surface area contributed by atoms with Gasteiger partial charge in [-0.2, -0.15) is 13.2 Å². The van der Waals surface area contributed by atoms with Crippen LogP contribution in [0.15, 0.2) is 23.6 Å². The van der Waals surface area contributed by atoms with Crippen LogP contribution >= 0.6 is 22.9 Å². The summed E-state index contributed by atoms with van der Waals surface area (Å²) in [6, 6.07) is 5.17. The molecule has 0 aliphatic carbocycles. The van der Waals surface area contributed by atoms with Gasteiger partial charge in [-0.3, -0.25) is 4.79 Å². The Labute approximate surface area is 168 Å². The molecular formula is C17H18ClF3N4O2S. The minimum absolute atomic E-state index is 0.220. The smallest absolute Gasteiger partial charge is 0.374 e. The monoisotopic (exact) mass is 434 g/mol. The van der Waals surface area contributed by atoms with Gasteiger partial charge in [0.25, 0.3) is 0 Å². The Morgan fingerprint density at radius 3 is 2.46 bits per heavy atom. The molecule has 28 heavy (non-hydrogen) atoms. The molecule has 0 saturated carbocycles. The SMILES string of the molecule is Cc1csc(C(O)(CC(=O)N2CCN(c3cccc(Cl)n3)CC2)C(F)(F)F)n1. The molecular weight excluding hydrogens is 417 g/mol. The maximum atomic E-state index is 13.6. The first kappa shape index (κ1) is 20.8. The minimum atomic E-state index is -5.01. The summed E-state index contributed by atoms with van der Waals surface area (Å²) < 4.78 is 40.7. The number of piperazine rings is 1. The molecule has 1 unspecified atom stereocenters. The molecule has 1 N–H and O–H groups in total. The quantitative estimate of drug-likeness (QED) is 0.749. The van der Waals surface area contributed by atoms with Crippen molar-refractivity contribution in [3.8, 4) is 0 Å². The van der Waals surface area contributed by atoms with Crippen LogP contribution in [0, 0.1) is 6.92 Å². The Kier molecular flexibility index (Phi) is 5.83. The number of anilines is 1. The average Bonchev–Trinajstić information content (AvgIpc) is 3.08. The molecule has 1 aliphatic heterocycles. The summed E-state index contributed by atoms with van der Waals surface area (Å²) in [5.41, 5.74) is -2.94. The fourth-order valence-electron chi connectivity index (χ4n) is 2.93. The van der Waals surface area contributed by atoms with Crippen LogP contribution in [0.25, 0.3) is 0 Å². The largest absolute Gasteiger partial charge is 0.424 e. The number of hydrogen-bond acceptors (Lipinski definition) is 6. The molecule has 3 rings (SSSR count). The van der Waals surface area contributed by atoms with Crippen LogP contribution in [0.2, 0.25) is 5.15 Å². The zero-order chi connectivity index (χ0) is 20.5. The van der Waals surface area contributed by atoms with Crippen LogP contribution in [0.1, 0.15) is 17.1 Å². The van der Waals surface area contributed by atoms with Crippen molar-refractivity contribution in [2.45, 2.75) is 25.1 Å². The molecule has 1 amide bonds. The highest BCUT2D eigenvalue weighted by atomic mass is 35.5. The molecule has 2 aromatic rings. The highest BCUT2D eigenvalue weighted by molar-refractivity contribution is 7.09. The Morgan fingerprint density at radius 2 is 1.93 bits per heavy atom. The Balaban J connectivity index is 1.69. The number of rotatable bonds is 4. The van der Waals surface area contributed by atoms with E-state index < -0.39 is 29.1 Å². The van der Waals surface area contributed by atoms with E-state index in [1.54, 1.807) is 18.2 Å². The molecule has 1 fully saturated rings. The molecule has 0 aromatic carbocycles. The van der Waals surface area contributed by atoms with Crippen LogP contribution in [0.5, 0.6) is 0 Å². The number of nitrogens with zero attached hydrogens (tertiary/aromatic N) is 4. The topological polar surface area (TPSA) is 69.6 Å². The summed E-state index contributed by atoms with van der Waals surface area (Å²) in [5, 5.41) is 11.6. The standard InChI is InChI=1S/C17H18ClF3N4O2S/c1-11-10-28-15(22-11)16(27,17(19,20)21)9-14(26)25-7-5-24(6-8-25)13-4-2-3-12(18)23-13/h2-4,10,27H,5-9H2,1H3. The van der Waals surface area contributed by atoms with Gasteiger partial charge in [0.05, 0.1) is 6.42 Å². The Morgan fingerprint density at radius 1 is 1.25 bits per heavy atom. The van der Waals surface area contributed by atoms with Crippen molar-refractivity contribution in [1.82, 2.24) is 14.9 Å². The summed E-state index contributed by atoms with van der Waals surface area (Å²) >= 11 is 6.57. The highest BCUT2D eigenvalue weighted by Gasteiger charge is 2.58. The van der Waals surface area contributed by atoms with E-state index in [0.29, 0.717) is 41.1 Å². The van der Waals surface area contributed by atoms with Crippen LogP contribution in [-0.4, -0.2) is 58.2 Å². The lowest BCUT2D eigenvalue weighted by Gasteiger charge is -2.37. The lowest BCUT2D eigenvalue weighted by atomic mass is 9.98. The number of aryl methyl sites for hydroxylation is 1. The first-order valence-electron chi connectivity index (χ1n) is 8.47. The van der Waals surface area contributed by atoms with E-state index in [9.17, 15) is 23.1 Å². The summed E-state index contributed by atoms with van der Waals surface area (Å²) in [5.74, 6) is -0.129. The molecule has 0 radical (unpaired) electrons. The predicted octanol–water partition coefficient (Wildman–Crippen LogP) is 2.99. The molecule has 0 spiro atoms. The van der Waals surface area contributed by atoms with Gasteiger partial charge in [-0.25, -0.2) is 9.97 Å². The van der Waals surface area contributed by atoms with Crippen molar-refractivity contribution in [2.75, 3.05) is 31.1 Å². The van der Waals surface area contributed by atoms with Crippen LogP contribution in [0.4, 0.5) is 19.0 Å². The molecule has 11 heteroatoms. The van der Waals surface area contributed by atoms with Crippen molar-refractivity contribution in [3.63, 3.8) is 0 Å². The van der Waals surface area contributed by atoms with Crippen molar-refractivity contribution >= 4 is 34.7 Å². The third kappa shape index (κ3) is 4.23. The van der Waals surface area contributed by atoms with Crippen LogP contribution < -0.4 is 4.90 Å². The number of amides is 1. The van der Waals surface area contributed by atoms with Gasteiger partial charge in [-0.1, -0.05) is 17.7 Å². The van der Waals surface area contributed by atoms with E-state index in [-0.39, 0.29) is 13.1 Å². The number of halogens is 4. The highest BCUT2D eigenvalue weighted by Crippen LogP contribution is 2.43. The van der Waals surface area contributed by atoms with E-state index in [1.807, 2.05) is 4.90 Å². The van der Waals surface area contributed by atoms with Gasteiger partial charge in [0.2, 0.25) is 11.5 Å². The summed E-state index contributed by atoms with van der Waals surface area (Å²) in [6.45, 7) is 2.78. The van der Waals surface area contributed by atoms with Gasteiger partial charge >= 0.3 is 6.18 Å². The molecule has 0 bridgehead atoms. The predicted molar refractivity (Wildman–Crippen MR) is 99.5 cm³/mol. The van der Waals surface area contributed by atoms with Crippen LogP contribution in [0.3, 0.4) is 0 Å². The minimum Gasteiger partial charge on any atom is -0.374 e. The molecule has 6 nitrogen and oxygen atoms in total. The summed E-state index contributed by atoms with van der Waals surface area (Å²) in [4.78, 5) is 23.7. The molecule has 2 aromatic heterocycles. The number of aromatic nitrogens is 2. The fraction of sp³-hybridized carbons (Fsp3) is 0.471. The second kappa shape index (κ2) is 7.84. The number of carbonyl (C=O) groups is 1. The molecule has 152 valence electrons. The third-order valence-electron chi connectivity index (χ3n) is 4.51. The van der Waals surface area contributed by atoms with Gasteiger partial charge in [0, 0.05) is 37.3 Å². The second-order valence-electron chi connectivity index (χ2n) is 6.52. The zero-order valence-corrected chi connectivity index (χ0v) is 16.5. The van der Waals surface area contributed by atoms with Crippen molar-refractivity contribution < 1.29 is 23.1 Å². The lowest BCUT2D eigenvalue weighted by Crippen LogP contribution is -2.52. The van der Waals surface area contributed by atoms with Gasteiger partial charge in [-0.05, 0) is 19.1 Å². The van der Waals surface area contributed by atoms with Crippen molar-refractivity contribution in [2.24, 2.45) is 0 Å². The second-order valence-corrected chi connectivity index (χ2v) is 7.76. The van der Waals surface area contributed by atoms with Crippen LogP contribution in [-0.2, 0) is 10.4 Å². The first-order chi connectivity index (χ1) is 13.1. The van der Waals surface area contributed by atoms with E-state index in [0.717, 1.165) is 0 Å². The maximum Gasteiger partial charge on any atom is 0.424 e. The van der Waals surface area contributed by atoms with Crippen molar-refractivity contribution in [3.05, 3.63) is 39.4 Å². The molecule has 1 aliphatic rings. The van der Waals surface area contributed by atoms with E-state index in [1.165, 1.54) is 17.2 Å². The Bertz CT molecular complexity index is 855. The number of alkyl halides is 3. The Hall–Kier alpha value is -1.91. The number of thiazole rings is 1. The number of hydrogen-bond donors (Lipinski definition) is 1.